The molecule has 1 aromatic heterocycles. The van der Waals surface area contributed by atoms with Crippen molar-refractivity contribution in [1.29, 1.82) is 0 Å². The van der Waals surface area contributed by atoms with Crippen LogP contribution in [0.25, 0.3) is 0 Å². The van der Waals surface area contributed by atoms with Gasteiger partial charge in [0.1, 0.15) is 0 Å². The lowest BCUT2D eigenvalue weighted by molar-refractivity contribution is -0.120. The largest absolute Gasteiger partial charge is 0.354 e. The maximum atomic E-state index is 11.8. The van der Waals surface area contributed by atoms with Gasteiger partial charge in [-0.25, -0.2) is 0 Å². The minimum atomic E-state index is -0.161. The van der Waals surface area contributed by atoms with Crippen molar-refractivity contribution in [3.05, 3.63) is 66.0 Å². The second-order valence-corrected chi connectivity index (χ2v) is 6.05. The number of nitrogens with two attached hydrogens (primary N) is 1. The van der Waals surface area contributed by atoms with Gasteiger partial charge in [0.05, 0.1) is 5.69 Å². The fraction of sp³-hybridized carbons (Fsp3) is 0.294. The number of benzene rings is 1. The Labute approximate surface area is 135 Å². The van der Waals surface area contributed by atoms with Gasteiger partial charge < -0.3 is 11.1 Å². The highest BCUT2D eigenvalue weighted by molar-refractivity contribution is 7.98. The topological polar surface area (TPSA) is 68.0 Å². The van der Waals surface area contributed by atoms with E-state index in [1.54, 1.807) is 18.0 Å². The Balaban J connectivity index is 1.60. The molecule has 0 aliphatic carbocycles. The number of nitrogens with one attached hydrogen (secondary N) is 1. The number of rotatable bonds is 8. The van der Waals surface area contributed by atoms with E-state index >= 15 is 0 Å². The quantitative estimate of drug-likeness (QED) is 0.735. The third-order valence-electron chi connectivity index (χ3n) is 3.20. The van der Waals surface area contributed by atoms with Crippen LogP contribution in [0.1, 0.15) is 23.7 Å². The van der Waals surface area contributed by atoms with Crippen molar-refractivity contribution in [2.75, 3.05) is 12.3 Å². The van der Waals surface area contributed by atoms with Gasteiger partial charge in [-0.2, -0.15) is 11.8 Å². The number of hydrogen-bond acceptors (Lipinski definition) is 4. The summed E-state index contributed by atoms with van der Waals surface area (Å²) in [4.78, 5) is 16.0. The second-order valence-electron chi connectivity index (χ2n) is 4.94. The normalized spacial score (nSPS) is 11.9. The van der Waals surface area contributed by atoms with Crippen molar-refractivity contribution in [3.8, 4) is 0 Å². The molecule has 3 N–H and O–H groups in total. The average molecular weight is 315 g/mol. The van der Waals surface area contributed by atoms with Crippen LogP contribution >= 0.6 is 11.8 Å². The molecular formula is C17H21N3OS. The number of amides is 1. The number of carbonyl (C=O) groups excluding carboxylic acids is 1. The number of carbonyl (C=O) groups is 1. The molecule has 0 radical (unpaired) electrons. The van der Waals surface area contributed by atoms with Crippen molar-refractivity contribution >= 4 is 17.7 Å². The smallest absolute Gasteiger partial charge is 0.220 e. The highest BCUT2D eigenvalue weighted by Gasteiger charge is 2.07. The van der Waals surface area contributed by atoms with Gasteiger partial charge in [0, 0.05) is 36.7 Å². The summed E-state index contributed by atoms with van der Waals surface area (Å²) in [6.07, 6.45) is 2.28. The molecule has 0 aliphatic heterocycles. The first kappa shape index (κ1) is 16.5. The highest BCUT2D eigenvalue weighted by atomic mass is 32.2. The summed E-state index contributed by atoms with van der Waals surface area (Å²) >= 11 is 1.71. The first-order chi connectivity index (χ1) is 10.8. The van der Waals surface area contributed by atoms with Crippen molar-refractivity contribution in [3.63, 3.8) is 0 Å². The summed E-state index contributed by atoms with van der Waals surface area (Å²) in [5, 5.41) is 2.89. The van der Waals surface area contributed by atoms with Crippen LogP contribution in [0, 0.1) is 0 Å². The molecule has 2 aromatic rings. The van der Waals surface area contributed by atoms with Crippen LogP contribution in [0.3, 0.4) is 0 Å². The van der Waals surface area contributed by atoms with Crippen molar-refractivity contribution in [2.24, 2.45) is 5.73 Å². The SMILES string of the molecule is NC(CNC(=O)CCSCc1ccccn1)c1ccccc1. The van der Waals surface area contributed by atoms with Gasteiger partial charge in [-0.05, 0) is 17.7 Å². The van der Waals surface area contributed by atoms with Gasteiger partial charge in [-0.3, -0.25) is 9.78 Å². The molecule has 0 aliphatic rings. The molecule has 0 saturated carbocycles. The summed E-state index contributed by atoms with van der Waals surface area (Å²) in [6.45, 7) is 0.466. The number of pyridine rings is 1. The molecule has 0 fully saturated rings. The van der Waals surface area contributed by atoms with E-state index < -0.39 is 0 Å². The lowest BCUT2D eigenvalue weighted by atomic mass is 10.1. The predicted octanol–water partition coefficient (Wildman–Crippen LogP) is 2.52. The van der Waals surface area contributed by atoms with Crippen molar-refractivity contribution < 1.29 is 4.79 Å². The molecule has 4 nitrogen and oxygen atoms in total. The Morgan fingerprint density at radius 1 is 1.18 bits per heavy atom. The minimum absolute atomic E-state index is 0.0416. The zero-order valence-corrected chi connectivity index (χ0v) is 13.3. The molecule has 1 heterocycles. The van der Waals surface area contributed by atoms with Gasteiger partial charge in [-0.15, -0.1) is 0 Å². The average Bonchev–Trinajstić information content (AvgIpc) is 2.58. The number of nitrogens with zero attached hydrogens (tertiary/aromatic N) is 1. The Morgan fingerprint density at radius 2 is 1.95 bits per heavy atom. The van der Waals surface area contributed by atoms with E-state index in [-0.39, 0.29) is 11.9 Å². The summed E-state index contributed by atoms with van der Waals surface area (Å²) in [7, 11) is 0. The van der Waals surface area contributed by atoms with E-state index in [1.807, 2.05) is 48.5 Å². The van der Waals surface area contributed by atoms with Gasteiger partial charge in [0.25, 0.3) is 0 Å². The zero-order chi connectivity index (χ0) is 15.6. The molecule has 2 rings (SSSR count). The lowest BCUT2D eigenvalue weighted by Gasteiger charge is -2.13. The van der Waals surface area contributed by atoms with E-state index in [1.165, 1.54) is 0 Å². The fourth-order valence-corrected chi connectivity index (χ4v) is 2.81. The molecule has 1 atom stereocenters. The minimum Gasteiger partial charge on any atom is -0.354 e. The molecule has 1 aromatic carbocycles. The lowest BCUT2D eigenvalue weighted by Crippen LogP contribution is -2.32. The van der Waals surface area contributed by atoms with Gasteiger partial charge in [0.15, 0.2) is 0 Å². The standard InChI is InChI=1S/C17H21N3OS/c18-16(14-6-2-1-3-7-14)12-20-17(21)9-11-22-13-15-8-4-5-10-19-15/h1-8,10,16H,9,11-13,18H2,(H,20,21). The maximum Gasteiger partial charge on any atom is 0.220 e. The summed E-state index contributed by atoms with van der Waals surface area (Å²) < 4.78 is 0. The van der Waals surface area contributed by atoms with Gasteiger partial charge >= 0.3 is 0 Å². The van der Waals surface area contributed by atoms with E-state index in [2.05, 4.69) is 10.3 Å². The van der Waals surface area contributed by atoms with Crippen LogP contribution in [0.5, 0.6) is 0 Å². The van der Waals surface area contributed by atoms with Crippen LogP contribution in [-0.4, -0.2) is 23.2 Å². The van der Waals surface area contributed by atoms with Gasteiger partial charge in [-0.1, -0.05) is 36.4 Å². The zero-order valence-electron chi connectivity index (χ0n) is 12.4. The van der Waals surface area contributed by atoms with Crippen LogP contribution < -0.4 is 11.1 Å². The van der Waals surface area contributed by atoms with E-state index in [0.717, 1.165) is 22.8 Å². The Morgan fingerprint density at radius 3 is 2.68 bits per heavy atom. The summed E-state index contributed by atoms with van der Waals surface area (Å²) in [5.74, 6) is 1.65. The Hall–Kier alpha value is -1.85. The van der Waals surface area contributed by atoms with E-state index in [4.69, 9.17) is 5.73 Å². The summed E-state index contributed by atoms with van der Waals surface area (Å²) in [5.41, 5.74) is 8.12. The Kier molecular flexibility index (Phi) is 6.93. The van der Waals surface area contributed by atoms with Crippen LogP contribution in [0.2, 0.25) is 0 Å². The molecule has 22 heavy (non-hydrogen) atoms. The first-order valence-corrected chi connectivity index (χ1v) is 8.46. The van der Waals surface area contributed by atoms with Crippen LogP contribution in [0.15, 0.2) is 54.7 Å². The van der Waals surface area contributed by atoms with E-state index in [0.29, 0.717) is 13.0 Å². The van der Waals surface area contributed by atoms with Crippen molar-refractivity contribution in [1.82, 2.24) is 10.3 Å². The predicted molar refractivity (Wildman–Crippen MR) is 91.4 cm³/mol. The second kappa shape index (κ2) is 9.23. The molecular weight excluding hydrogens is 294 g/mol. The molecule has 116 valence electrons. The molecule has 0 bridgehead atoms. The Bertz CT molecular complexity index is 563. The fourth-order valence-electron chi connectivity index (χ4n) is 1.96. The number of hydrogen-bond donors (Lipinski definition) is 2. The third-order valence-corrected chi connectivity index (χ3v) is 4.19. The number of aromatic nitrogens is 1. The van der Waals surface area contributed by atoms with Crippen LogP contribution in [0.4, 0.5) is 0 Å². The molecule has 0 saturated heterocycles. The molecule has 1 amide bonds. The van der Waals surface area contributed by atoms with Gasteiger partial charge in [0.2, 0.25) is 5.91 Å². The highest BCUT2D eigenvalue weighted by Crippen LogP contribution is 2.11. The monoisotopic (exact) mass is 315 g/mol. The molecule has 5 heteroatoms. The summed E-state index contributed by atoms with van der Waals surface area (Å²) in [6, 6.07) is 15.5. The van der Waals surface area contributed by atoms with E-state index in [9.17, 15) is 4.79 Å². The molecule has 1 unspecified atom stereocenters. The molecule has 0 spiro atoms. The first-order valence-electron chi connectivity index (χ1n) is 7.30. The number of thioether (sulfide) groups is 1. The van der Waals surface area contributed by atoms with Crippen LogP contribution in [-0.2, 0) is 10.5 Å². The third kappa shape index (κ3) is 5.87. The van der Waals surface area contributed by atoms with Crippen molar-refractivity contribution in [2.45, 2.75) is 18.2 Å². The maximum absolute atomic E-state index is 11.8.